The maximum Gasteiger partial charge on any atom is 0.124 e. The van der Waals surface area contributed by atoms with Crippen LogP contribution >= 0.6 is 11.3 Å². The van der Waals surface area contributed by atoms with Gasteiger partial charge in [-0.05, 0) is 13.3 Å². The molecular formula is C11H16N4S. The lowest BCUT2D eigenvalue weighted by Gasteiger charge is -2.07. The van der Waals surface area contributed by atoms with Crippen molar-refractivity contribution >= 4 is 17.2 Å². The molecule has 2 aromatic heterocycles. The smallest absolute Gasteiger partial charge is 0.124 e. The lowest BCUT2D eigenvalue weighted by atomic mass is 10.5. The minimum atomic E-state index is 0.772. The lowest BCUT2D eigenvalue weighted by molar-refractivity contribution is 0.607. The summed E-state index contributed by atoms with van der Waals surface area (Å²) >= 11 is 1.69. The Hall–Kier alpha value is -1.36. The average molecular weight is 236 g/mol. The highest BCUT2D eigenvalue weighted by Crippen LogP contribution is 2.12. The zero-order valence-corrected chi connectivity index (χ0v) is 10.4. The van der Waals surface area contributed by atoms with Crippen molar-refractivity contribution in [3.63, 3.8) is 0 Å². The number of aryl methyl sites for hydroxylation is 2. The van der Waals surface area contributed by atoms with Gasteiger partial charge < -0.3 is 5.32 Å². The van der Waals surface area contributed by atoms with E-state index in [-0.39, 0.29) is 0 Å². The third-order valence-electron chi connectivity index (χ3n) is 2.24. The Balaban J connectivity index is 1.96. The van der Waals surface area contributed by atoms with Gasteiger partial charge >= 0.3 is 0 Å². The van der Waals surface area contributed by atoms with Crippen molar-refractivity contribution in [2.45, 2.75) is 33.4 Å². The first-order valence-electron chi connectivity index (χ1n) is 5.46. The largest absolute Gasteiger partial charge is 0.364 e. The van der Waals surface area contributed by atoms with Crippen LogP contribution in [0.4, 0.5) is 5.82 Å². The van der Waals surface area contributed by atoms with Gasteiger partial charge in [-0.1, -0.05) is 6.92 Å². The molecular weight excluding hydrogens is 220 g/mol. The van der Waals surface area contributed by atoms with Crippen LogP contribution in [-0.4, -0.2) is 14.8 Å². The quantitative estimate of drug-likeness (QED) is 0.868. The highest BCUT2D eigenvalue weighted by atomic mass is 32.1. The predicted molar refractivity (Wildman–Crippen MR) is 66.7 cm³/mol. The van der Waals surface area contributed by atoms with Crippen molar-refractivity contribution in [3.8, 4) is 0 Å². The fraction of sp³-hybridized carbons (Fsp3) is 0.455. The topological polar surface area (TPSA) is 42.7 Å². The van der Waals surface area contributed by atoms with Crippen molar-refractivity contribution in [1.29, 1.82) is 0 Å². The van der Waals surface area contributed by atoms with E-state index in [0.29, 0.717) is 0 Å². The molecule has 2 aromatic rings. The molecule has 0 aliphatic carbocycles. The number of nitrogens with zero attached hydrogens (tertiary/aromatic N) is 3. The third-order valence-corrected chi connectivity index (χ3v) is 3.21. The van der Waals surface area contributed by atoms with Crippen LogP contribution < -0.4 is 5.32 Å². The van der Waals surface area contributed by atoms with Gasteiger partial charge in [0.05, 0.1) is 12.7 Å². The monoisotopic (exact) mass is 236 g/mol. The number of hydrogen-bond acceptors (Lipinski definition) is 4. The van der Waals surface area contributed by atoms with Gasteiger partial charge in [0, 0.05) is 23.7 Å². The van der Waals surface area contributed by atoms with Gasteiger partial charge in [-0.25, -0.2) is 9.67 Å². The summed E-state index contributed by atoms with van der Waals surface area (Å²) in [6, 6.07) is 2.00. The second-order valence-corrected chi connectivity index (χ2v) is 4.62. The molecule has 2 rings (SSSR count). The Labute approximate surface area is 99.3 Å². The van der Waals surface area contributed by atoms with Crippen LogP contribution in [-0.2, 0) is 13.1 Å². The first-order chi connectivity index (χ1) is 7.79. The Morgan fingerprint density at radius 2 is 2.38 bits per heavy atom. The number of aromatic nitrogens is 3. The van der Waals surface area contributed by atoms with Gasteiger partial charge in [0.1, 0.15) is 10.8 Å². The second kappa shape index (κ2) is 5.12. The minimum Gasteiger partial charge on any atom is -0.364 e. The van der Waals surface area contributed by atoms with Crippen LogP contribution in [0.15, 0.2) is 17.6 Å². The molecule has 0 bridgehead atoms. The maximum absolute atomic E-state index is 4.41. The Kier molecular flexibility index (Phi) is 3.56. The summed E-state index contributed by atoms with van der Waals surface area (Å²) in [4.78, 5) is 4.41. The summed E-state index contributed by atoms with van der Waals surface area (Å²) in [6.07, 6.45) is 2.91. The molecule has 0 aliphatic heterocycles. The number of hydrogen-bond donors (Lipinski definition) is 1. The van der Waals surface area contributed by atoms with Crippen LogP contribution in [0.25, 0.3) is 0 Å². The van der Waals surface area contributed by atoms with Crippen molar-refractivity contribution in [2.24, 2.45) is 0 Å². The Morgan fingerprint density at radius 1 is 1.50 bits per heavy atom. The third kappa shape index (κ3) is 2.61. The van der Waals surface area contributed by atoms with Gasteiger partial charge in [0.15, 0.2) is 0 Å². The van der Waals surface area contributed by atoms with Crippen LogP contribution in [0.2, 0.25) is 0 Å². The maximum atomic E-state index is 4.41. The molecule has 0 aliphatic rings. The molecule has 0 saturated heterocycles. The zero-order chi connectivity index (χ0) is 11.4. The molecule has 86 valence electrons. The molecule has 0 amide bonds. The Morgan fingerprint density at radius 3 is 3.06 bits per heavy atom. The number of thiazole rings is 1. The van der Waals surface area contributed by atoms with Crippen molar-refractivity contribution in [1.82, 2.24) is 14.8 Å². The van der Waals surface area contributed by atoms with E-state index < -0.39 is 0 Å². The highest BCUT2D eigenvalue weighted by Gasteiger charge is 2.02. The number of nitrogens with one attached hydrogen (secondary N) is 1. The normalized spacial score (nSPS) is 10.6. The van der Waals surface area contributed by atoms with Gasteiger partial charge in [-0.3, -0.25) is 0 Å². The van der Waals surface area contributed by atoms with Crippen molar-refractivity contribution < 1.29 is 0 Å². The molecule has 0 aromatic carbocycles. The molecule has 0 fully saturated rings. The second-order valence-electron chi connectivity index (χ2n) is 3.68. The molecule has 4 nitrogen and oxygen atoms in total. The fourth-order valence-electron chi connectivity index (χ4n) is 1.52. The van der Waals surface area contributed by atoms with E-state index in [4.69, 9.17) is 0 Å². The predicted octanol–water partition coefficient (Wildman–Crippen LogP) is 2.67. The molecule has 0 unspecified atom stereocenters. The summed E-state index contributed by atoms with van der Waals surface area (Å²) < 4.78 is 1.99. The summed E-state index contributed by atoms with van der Waals surface area (Å²) in [5, 5.41) is 10.8. The standard InChI is InChI=1S/C11H16N4S/c1-3-6-15-10(4-5-13-15)12-7-11-14-9(2)8-16-11/h4-5,8,12H,3,6-7H2,1-2H3. The van der Waals surface area contributed by atoms with Gasteiger partial charge in [0.25, 0.3) is 0 Å². The van der Waals surface area contributed by atoms with Gasteiger partial charge in [0.2, 0.25) is 0 Å². The molecule has 0 spiro atoms. The van der Waals surface area contributed by atoms with E-state index in [9.17, 15) is 0 Å². The number of anilines is 1. The average Bonchev–Trinajstić information content (AvgIpc) is 2.85. The molecule has 1 N–H and O–H groups in total. The first-order valence-corrected chi connectivity index (χ1v) is 6.34. The SMILES string of the molecule is CCCn1nccc1NCc1nc(C)cs1. The molecule has 16 heavy (non-hydrogen) atoms. The van der Waals surface area contributed by atoms with Gasteiger partial charge in [-0.15, -0.1) is 11.3 Å². The van der Waals surface area contributed by atoms with Crippen molar-refractivity contribution in [2.75, 3.05) is 5.32 Å². The van der Waals surface area contributed by atoms with Gasteiger partial charge in [-0.2, -0.15) is 5.10 Å². The summed E-state index contributed by atoms with van der Waals surface area (Å²) in [6.45, 7) is 5.89. The van der Waals surface area contributed by atoms with E-state index in [2.05, 4.69) is 27.7 Å². The van der Waals surface area contributed by atoms with E-state index in [0.717, 1.165) is 36.0 Å². The van der Waals surface area contributed by atoms with E-state index in [1.807, 2.05) is 23.9 Å². The molecule has 0 atom stereocenters. The lowest BCUT2D eigenvalue weighted by Crippen LogP contribution is -2.07. The van der Waals surface area contributed by atoms with E-state index >= 15 is 0 Å². The van der Waals surface area contributed by atoms with E-state index in [1.165, 1.54) is 0 Å². The molecule has 5 heteroatoms. The van der Waals surface area contributed by atoms with Crippen molar-refractivity contribution in [3.05, 3.63) is 28.3 Å². The van der Waals surface area contributed by atoms with Crippen LogP contribution in [0.3, 0.4) is 0 Å². The van der Waals surface area contributed by atoms with Crippen LogP contribution in [0.1, 0.15) is 24.0 Å². The zero-order valence-electron chi connectivity index (χ0n) is 9.60. The van der Waals surface area contributed by atoms with E-state index in [1.54, 1.807) is 11.3 Å². The van der Waals surface area contributed by atoms with Crippen LogP contribution in [0.5, 0.6) is 0 Å². The fourth-order valence-corrected chi connectivity index (χ4v) is 2.23. The number of rotatable bonds is 5. The van der Waals surface area contributed by atoms with Crippen LogP contribution in [0, 0.1) is 6.92 Å². The first kappa shape index (κ1) is 11.1. The molecule has 2 heterocycles. The molecule has 0 radical (unpaired) electrons. The molecule has 0 saturated carbocycles. The minimum absolute atomic E-state index is 0.772. The summed E-state index contributed by atoms with van der Waals surface area (Å²) in [5.41, 5.74) is 1.09. The summed E-state index contributed by atoms with van der Waals surface area (Å²) in [5.74, 6) is 1.06. The Bertz CT molecular complexity index is 446. The highest BCUT2D eigenvalue weighted by molar-refractivity contribution is 7.09. The summed E-state index contributed by atoms with van der Waals surface area (Å²) in [7, 11) is 0.